The maximum atomic E-state index is 2.55. The molecule has 4 aliphatic carbocycles. The second kappa shape index (κ2) is 13.5. The van der Waals surface area contributed by atoms with Gasteiger partial charge in [0.05, 0.1) is 16.5 Å². The standard InChI is InChI=1S/C65H45N/c1-63(2)51-28-10-6-24-46(51)49-39-38-45(41-60(49)63)66(44-23-18-22-43(40-44)42-20-4-3-5-21-42)61-37-19-36-59-62(61)50-27-9-13-31-54(50)65(59)57-34-16-14-32-55(57)64(56-33-15-17-35-58(56)65)52-29-11-7-25-47(52)48-26-8-12-30-53(48)64/h3-41H,1-2H3. The van der Waals surface area contributed by atoms with E-state index in [1.54, 1.807) is 0 Å². The van der Waals surface area contributed by atoms with Gasteiger partial charge in [-0.2, -0.15) is 0 Å². The van der Waals surface area contributed by atoms with Crippen LogP contribution in [0, 0.1) is 0 Å². The lowest BCUT2D eigenvalue weighted by Crippen LogP contribution is -2.43. The van der Waals surface area contributed by atoms with Gasteiger partial charge in [-0.3, -0.25) is 0 Å². The van der Waals surface area contributed by atoms with Crippen LogP contribution in [0.4, 0.5) is 17.1 Å². The first-order chi connectivity index (χ1) is 32.5. The molecule has 1 nitrogen and oxygen atoms in total. The van der Waals surface area contributed by atoms with E-state index >= 15 is 0 Å². The summed E-state index contributed by atoms with van der Waals surface area (Å²) in [5, 5.41) is 0. The highest BCUT2D eigenvalue weighted by Crippen LogP contribution is 2.68. The van der Waals surface area contributed by atoms with E-state index in [0.29, 0.717) is 0 Å². The van der Waals surface area contributed by atoms with Crippen molar-refractivity contribution in [2.24, 2.45) is 0 Å². The van der Waals surface area contributed by atoms with E-state index in [1.807, 2.05) is 0 Å². The molecule has 2 spiro atoms. The van der Waals surface area contributed by atoms with Gasteiger partial charge < -0.3 is 4.90 Å². The summed E-state index contributed by atoms with van der Waals surface area (Å²) in [5.74, 6) is 0. The summed E-state index contributed by atoms with van der Waals surface area (Å²) in [4.78, 5) is 2.55. The van der Waals surface area contributed by atoms with Crippen molar-refractivity contribution in [3.63, 3.8) is 0 Å². The van der Waals surface area contributed by atoms with E-state index in [0.717, 1.165) is 11.4 Å². The zero-order valence-electron chi connectivity index (χ0n) is 37.0. The minimum atomic E-state index is -0.591. The number of anilines is 3. The summed E-state index contributed by atoms with van der Waals surface area (Å²) in [6.45, 7) is 4.77. The van der Waals surface area contributed by atoms with Gasteiger partial charge in [0.1, 0.15) is 0 Å². The quantitative estimate of drug-likeness (QED) is 0.171. The van der Waals surface area contributed by atoms with Gasteiger partial charge in [-0.25, -0.2) is 0 Å². The van der Waals surface area contributed by atoms with Gasteiger partial charge >= 0.3 is 0 Å². The van der Waals surface area contributed by atoms with E-state index in [9.17, 15) is 0 Å². The SMILES string of the molecule is CC1(C)c2ccccc2-c2ccc(N(c3cccc(-c4ccccc4)c3)c3cccc4c3-c3ccccc3C43c4ccccc4C4(c5ccccc5-c5ccccc54)c4ccccc43)cc21. The highest BCUT2D eigenvalue weighted by atomic mass is 15.1. The second-order valence-electron chi connectivity index (χ2n) is 19.1. The van der Waals surface area contributed by atoms with E-state index in [-0.39, 0.29) is 5.41 Å². The maximum Gasteiger partial charge on any atom is 0.0720 e. The molecule has 1 heteroatoms. The molecule has 10 aromatic rings. The monoisotopic (exact) mass is 839 g/mol. The molecular weight excluding hydrogens is 795 g/mol. The first-order valence-electron chi connectivity index (χ1n) is 23.3. The third-order valence-corrected chi connectivity index (χ3v) is 15.7. The molecule has 0 radical (unpaired) electrons. The van der Waals surface area contributed by atoms with Crippen LogP contribution in [0.5, 0.6) is 0 Å². The molecule has 66 heavy (non-hydrogen) atoms. The van der Waals surface area contributed by atoms with Crippen molar-refractivity contribution in [1.82, 2.24) is 0 Å². The third-order valence-electron chi connectivity index (χ3n) is 15.7. The van der Waals surface area contributed by atoms with Crippen molar-refractivity contribution in [3.8, 4) is 44.5 Å². The molecule has 0 aromatic heterocycles. The zero-order chi connectivity index (χ0) is 43.8. The largest absolute Gasteiger partial charge is 0.310 e. The van der Waals surface area contributed by atoms with E-state index < -0.39 is 10.8 Å². The van der Waals surface area contributed by atoms with Crippen LogP contribution in [-0.2, 0) is 16.2 Å². The molecule has 4 aliphatic rings. The Hall–Kier alpha value is -8.00. The summed E-state index contributed by atoms with van der Waals surface area (Å²) < 4.78 is 0. The number of hydrogen-bond acceptors (Lipinski definition) is 1. The number of fused-ring (bicyclic) bond motifs is 19. The first kappa shape index (κ1) is 37.4. The number of nitrogens with zero attached hydrogens (tertiary/aromatic N) is 1. The second-order valence-corrected chi connectivity index (χ2v) is 19.1. The van der Waals surface area contributed by atoms with Crippen LogP contribution in [0.25, 0.3) is 44.5 Å². The molecule has 0 unspecified atom stereocenters. The lowest BCUT2D eigenvalue weighted by atomic mass is 9.52. The van der Waals surface area contributed by atoms with Crippen LogP contribution in [0.2, 0.25) is 0 Å². The summed E-state index contributed by atoms with van der Waals surface area (Å²) in [6, 6.07) is 89.6. The average Bonchev–Trinajstić information content (AvgIpc) is 3.93. The predicted molar refractivity (Wildman–Crippen MR) is 272 cm³/mol. The molecule has 0 atom stereocenters. The van der Waals surface area contributed by atoms with Crippen LogP contribution in [0.1, 0.15) is 69.5 Å². The summed E-state index contributed by atoms with van der Waals surface area (Å²) in [7, 11) is 0. The molecule has 310 valence electrons. The lowest BCUT2D eigenvalue weighted by Gasteiger charge is -2.48. The van der Waals surface area contributed by atoms with Gasteiger partial charge in [0.2, 0.25) is 0 Å². The van der Waals surface area contributed by atoms with Gasteiger partial charge in [0.15, 0.2) is 0 Å². The maximum absolute atomic E-state index is 2.55. The zero-order valence-corrected chi connectivity index (χ0v) is 37.0. The molecule has 10 aromatic carbocycles. The molecule has 0 fully saturated rings. The lowest BCUT2D eigenvalue weighted by molar-refractivity contribution is 0.633. The molecule has 0 bridgehead atoms. The minimum absolute atomic E-state index is 0.155. The van der Waals surface area contributed by atoms with Gasteiger partial charge in [-0.05, 0) is 125 Å². The van der Waals surface area contributed by atoms with Crippen molar-refractivity contribution in [2.75, 3.05) is 4.90 Å². The van der Waals surface area contributed by atoms with Crippen molar-refractivity contribution in [1.29, 1.82) is 0 Å². The van der Waals surface area contributed by atoms with Crippen LogP contribution in [-0.4, -0.2) is 0 Å². The highest BCUT2D eigenvalue weighted by molar-refractivity contribution is 6.00. The Morgan fingerprint density at radius 1 is 0.273 bits per heavy atom. The third kappa shape index (κ3) is 4.64. The Bertz CT molecular complexity index is 3550. The van der Waals surface area contributed by atoms with Crippen molar-refractivity contribution in [2.45, 2.75) is 30.1 Å². The fourth-order valence-corrected chi connectivity index (χ4v) is 13.2. The van der Waals surface area contributed by atoms with Crippen molar-refractivity contribution in [3.05, 3.63) is 292 Å². The number of rotatable bonds is 4. The smallest absolute Gasteiger partial charge is 0.0720 e. The normalized spacial score (nSPS) is 15.2. The molecule has 14 rings (SSSR count). The Labute approximate surface area is 387 Å². The Kier molecular flexibility index (Phi) is 7.66. The van der Waals surface area contributed by atoms with E-state index in [2.05, 4.69) is 255 Å². The van der Waals surface area contributed by atoms with Gasteiger partial charge in [0, 0.05) is 22.4 Å². The Balaban J connectivity index is 1.07. The predicted octanol–water partition coefficient (Wildman–Crippen LogP) is 16.2. The van der Waals surface area contributed by atoms with Crippen molar-refractivity contribution >= 4 is 17.1 Å². The molecule has 0 saturated carbocycles. The van der Waals surface area contributed by atoms with E-state index in [4.69, 9.17) is 0 Å². The van der Waals surface area contributed by atoms with E-state index in [1.165, 1.54) is 106 Å². The Morgan fingerprint density at radius 3 is 1.29 bits per heavy atom. The average molecular weight is 840 g/mol. The highest BCUT2D eigenvalue weighted by Gasteiger charge is 2.59. The Morgan fingerprint density at radius 2 is 0.682 bits per heavy atom. The molecule has 0 N–H and O–H groups in total. The fraction of sp³-hybridized carbons (Fsp3) is 0.0769. The summed E-state index contributed by atoms with van der Waals surface area (Å²) in [5.41, 5.74) is 25.9. The number of hydrogen-bond donors (Lipinski definition) is 0. The van der Waals surface area contributed by atoms with Crippen LogP contribution in [0.15, 0.2) is 237 Å². The molecular formula is C65H45N. The summed E-state index contributed by atoms with van der Waals surface area (Å²) >= 11 is 0. The van der Waals surface area contributed by atoms with Crippen LogP contribution < -0.4 is 4.90 Å². The summed E-state index contributed by atoms with van der Waals surface area (Å²) in [6.07, 6.45) is 0. The molecule has 0 saturated heterocycles. The van der Waals surface area contributed by atoms with Gasteiger partial charge in [-0.15, -0.1) is 0 Å². The van der Waals surface area contributed by atoms with Gasteiger partial charge in [-0.1, -0.05) is 220 Å². The van der Waals surface area contributed by atoms with Crippen LogP contribution in [0.3, 0.4) is 0 Å². The molecule has 0 aliphatic heterocycles. The van der Waals surface area contributed by atoms with Crippen LogP contribution >= 0.6 is 0 Å². The molecule has 0 heterocycles. The topological polar surface area (TPSA) is 3.24 Å². The van der Waals surface area contributed by atoms with Gasteiger partial charge in [0.25, 0.3) is 0 Å². The first-order valence-corrected chi connectivity index (χ1v) is 23.3. The number of benzene rings is 10. The minimum Gasteiger partial charge on any atom is -0.310 e. The fourth-order valence-electron chi connectivity index (χ4n) is 13.2. The molecule has 0 amide bonds. The van der Waals surface area contributed by atoms with Crippen molar-refractivity contribution < 1.29 is 0 Å².